The van der Waals surface area contributed by atoms with E-state index in [2.05, 4.69) is 36.4 Å². The van der Waals surface area contributed by atoms with Gasteiger partial charge < -0.3 is 24.6 Å². The number of likely N-dealkylation sites (tertiary alicyclic amines) is 1. The molecule has 1 aliphatic heterocycles. The zero-order valence-corrected chi connectivity index (χ0v) is 30.3. The highest BCUT2D eigenvalue weighted by Gasteiger charge is 2.30. The van der Waals surface area contributed by atoms with Crippen molar-refractivity contribution in [3.63, 3.8) is 0 Å². The summed E-state index contributed by atoms with van der Waals surface area (Å²) in [6.07, 6.45) is 6.11. The number of nitrogens with one attached hydrogen (secondary N) is 4. The summed E-state index contributed by atoms with van der Waals surface area (Å²) in [5, 5.41) is 28.3. The first kappa shape index (κ1) is 35.6. The zero-order chi connectivity index (χ0) is 36.1. The minimum absolute atomic E-state index is 0.237. The molecular weight excluding hydrogens is 644 g/mol. The number of piperidine rings is 1. The Kier molecular flexibility index (Phi) is 10.8. The molecule has 1 aliphatic carbocycles. The van der Waals surface area contributed by atoms with Crippen molar-refractivity contribution in [2.24, 2.45) is 0 Å². The Hall–Kier alpha value is -5.17. The number of amides is 2. The number of anilines is 1. The van der Waals surface area contributed by atoms with Crippen LogP contribution >= 0.6 is 0 Å². The fraction of sp³-hybridized carbons (Fsp3) is 0.447. The lowest BCUT2D eigenvalue weighted by Crippen LogP contribution is -2.42. The molecule has 4 aromatic rings. The average molecular weight is 695 g/mol. The van der Waals surface area contributed by atoms with E-state index in [1.807, 2.05) is 72.4 Å². The van der Waals surface area contributed by atoms with E-state index in [1.165, 1.54) is 6.42 Å². The predicted octanol–water partition coefficient (Wildman–Crippen LogP) is 5.83. The van der Waals surface area contributed by atoms with Crippen LogP contribution in [0.15, 0.2) is 66.9 Å². The van der Waals surface area contributed by atoms with E-state index in [-0.39, 0.29) is 29.1 Å². The second-order valence-electron chi connectivity index (χ2n) is 14.5. The summed E-state index contributed by atoms with van der Waals surface area (Å²) >= 11 is 0. The summed E-state index contributed by atoms with van der Waals surface area (Å²) in [6.45, 7) is 9.14. The summed E-state index contributed by atoms with van der Waals surface area (Å²) < 4.78 is 15.6. The first-order chi connectivity index (χ1) is 24.5. The van der Waals surface area contributed by atoms with E-state index < -0.39 is 0 Å². The minimum Gasteiger partial charge on any atom is -0.484 e. The summed E-state index contributed by atoms with van der Waals surface area (Å²) in [7, 11) is 3.98. The molecule has 4 N–H and O–H groups in total. The van der Waals surface area contributed by atoms with E-state index in [4.69, 9.17) is 25.4 Å². The van der Waals surface area contributed by atoms with Gasteiger partial charge in [-0.05, 0) is 75.5 Å². The largest absolute Gasteiger partial charge is 0.484 e. The summed E-state index contributed by atoms with van der Waals surface area (Å²) in [4.78, 5) is 22.4. The molecule has 1 aromatic carbocycles. The molecule has 13 nitrogen and oxygen atoms in total. The van der Waals surface area contributed by atoms with Gasteiger partial charge in [-0.3, -0.25) is 20.7 Å². The lowest BCUT2D eigenvalue weighted by atomic mass is 9.85. The average Bonchev–Trinajstić information content (AvgIpc) is 3.54. The minimum atomic E-state index is -0.350. The lowest BCUT2D eigenvalue weighted by molar-refractivity contribution is 0.171. The molecule has 4 heterocycles. The molecule has 0 saturated carbocycles. The van der Waals surface area contributed by atoms with E-state index in [9.17, 15) is 4.79 Å². The van der Waals surface area contributed by atoms with E-state index in [0.29, 0.717) is 48.7 Å². The third kappa shape index (κ3) is 8.59. The number of hydrogen-bond donors (Lipinski definition) is 4. The van der Waals surface area contributed by atoms with Gasteiger partial charge in [-0.2, -0.15) is 14.8 Å². The van der Waals surface area contributed by atoms with Crippen molar-refractivity contribution < 1.29 is 14.3 Å². The maximum atomic E-state index is 13.7. The number of carbonyl (C=O) groups is 1. The number of hydrogen-bond acceptors (Lipinski definition) is 8. The van der Waals surface area contributed by atoms with E-state index >= 15 is 0 Å². The highest BCUT2D eigenvalue weighted by molar-refractivity contribution is 5.89. The monoisotopic (exact) mass is 694 g/mol. The Morgan fingerprint density at radius 1 is 1.00 bits per heavy atom. The standard InChI is InChI=1S/C38H50N10O3/c1-38(2,3)31-24-34(48(44-31)33-14-11-15-35(42-33)50-23-22-45(4)5)43-37(49)41-29-17-18-30(28-13-8-7-12-27(28)29)51-26-16-19-32(39)47(25-26)36(40)46-20-9-6-10-21-46/h7-8,11-16,19,24-25,29-30,39-40H,6,9-10,17-18,20-23H2,1-5H3,(H2,41,43,49). The lowest BCUT2D eigenvalue weighted by Gasteiger charge is -2.33. The molecule has 13 heteroatoms. The molecule has 3 aromatic heterocycles. The van der Waals surface area contributed by atoms with Gasteiger partial charge in [0.1, 0.15) is 29.8 Å². The maximum absolute atomic E-state index is 13.7. The summed E-state index contributed by atoms with van der Waals surface area (Å²) in [6, 6.07) is 18.3. The van der Waals surface area contributed by atoms with Gasteiger partial charge >= 0.3 is 6.03 Å². The van der Waals surface area contributed by atoms with Crippen LogP contribution in [0.5, 0.6) is 11.6 Å². The van der Waals surface area contributed by atoms with Gasteiger partial charge in [-0.1, -0.05) is 51.1 Å². The molecule has 0 radical (unpaired) electrons. The van der Waals surface area contributed by atoms with Crippen molar-refractivity contribution in [3.05, 3.63) is 89.2 Å². The number of fused-ring (bicyclic) bond motifs is 1. The van der Waals surface area contributed by atoms with Gasteiger partial charge in [0.25, 0.3) is 0 Å². The van der Waals surface area contributed by atoms with E-state index in [1.54, 1.807) is 27.6 Å². The Balaban J connectivity index is 1.17. The SMILES string of the molecule is CN(C)CCOc1cccc(-n2nc(C(C)(C)C)cc2NC(=O)NC2CCC(Oc3ccc(=N)n(C(=N)N4CCCCC4)c3)c3ccccc32)n1. The number of ether oxygens (including phenoxy) is 2. The van der Waals surface area contributed by atoms with Crippen molar-refractivity contribution in [2.75, 3.05) is 45.7 Å². The van der Waals surface area contributed by atoms with Gasteiger partial charge in [0, 0.05) is 37.2 Å². The maximum Gasteiger partial charge on any atom is 0.320 e. The quantitative estimate of drug-likeness (QED) is 0.127. The van der Waals surface area contributed by atoms with Crippen LogP contribution in [0.25, 0.3) is 5.82 Å². The Morgan fingerprint density at radius 2 is 1.76 bits per heavy atom. The van der Waals surface area contributed by atoms with Gasteiger partial charge in [-0.25, -0.2) is 4.79 Å². The Bertz CT molecular complexity index is 1900. The first-order valence-electron chi connectivity index (χ1n) is 17.8. The van der Waals surface area contributed by atoms with Crippen molar-refractivity contribution >= 4 is 17.8 Å². The topological polar surface area (TPSA) is 149 Å². The van der Waals surface area contributed by atoms with Crippen molar-refractivity contribution in [1.29, 1.82) is 10.8 Å². The molecule has 0 bridgehead atoms. The number of pyridine rings is 2. The molecule has 270 valence electrons. The van der Waals surface area contributed by atoms with Gasteiger partial charge in [0.05, 0.1) is 17.9 Å². The third-order valence-corrected chi connectivity index (χ3v) is 9.26. The molecule has 1 saturated heterocycles. The van der Waals surface area contributed by atoms with Crippen molar-refractivity contribution in [1.82, 2.24) is 34.4 Å². The van der Waals surface area contributed by atoms with Crippen LogP contribution in [0.4, 0.5) is 10.6 Å². The molecule has 51 heavy (non-hydrogen) atoms. The van der Waals surface area contributed by atoms with Crippen LogP contribution in [-0.2, 0) is 5.41 Å². The van der Waals surface area contributed by atoms with Gasteiger partial charge in [0.15, 0.2) is 5.82 Å². The van der Waals surface area contributed by atoms with Crippen molar-refractivity contribution in [2.45, 2.75) is 70.4 Å². The Morgan fingerprint density at radius 3 is 2.51 bits per heavy atom. The highest BCUT2D eigenvalue weighted by atomic mass is 16.5. The second-order valence-corrected chi connectivity index (χ2v) is 14.5. The van der Waals surface area contributed by atoms with Crippen molar-refractivity contribution in [3.8, 4) is 17.4 Å². The molecule has 2 aliphatic rings. The van der Waals surface area contributed by atoms with Crippen LogP contribution in [0.2, 0.25) is 0 Å². The molecular formula is C38H50N10O3. The number of benzene rings is 1. The summed E-state index contributed by atoms with van der Waals surface area (Å²) in [5.41, 5.74) is 2.78. The molecule has 2 amide bonds. The number of aromatic nitrogens is 4. The smallest absolute Gasteiger partial charge is 0.320 e. The fourth-order valence-electron chi connectivity index (χ4n) is 6.43. The number of rotatable bonds is 9. The third-order valence-electron chi connectivity index (χ3n) is 9.26. The highest BCUT2D eigenvalue weighted by Crippen LogP contribution is 2.39. The van der Waals surface area contributed by atoms with Crippen LogP contribution in [0, 0.1) is 10.8 Å². The second kappa shape index (κ2) is 15.4. The zero-order valence-electron chi connectivity index (χ0n) is 30.3. The fourth-order valence-corrected chi connectivity index (χ4v) is 6.43. The van der Waals surface area contributed by atoms with Gasteiger partial charge in [-0.15, -0.1) is 0 Å². The molecule has 1 fully saturated rings. The first-order valence-corrected chi connectivity index (χ1v) is 17.8. The number of nitrogens with zero attached hydrogens (tertiary/aromatic N) is 6. The molecule has 2 atom stereocenters. The number of urea groups is 1. The number of carbonyl (C=O) groups excluding carboxylic acids is 1. The van der Waals surface area contributed by atoms with Gasteiger partial charge in [0.2, 0.25) is 11.8 Å². The van der Waals surface area contributed by atoms with Crippen LogP contribution in [0.3, 0.4) is 0 Å². The molecule has 6 rings (SSSR count). The normalized spacial score (nSPS) is 17.5. The molecule has 0 spiro atoms. The summed E-state index contributed by atoms with van der Waals surface area (Å²) in [5.74, 6) is 2.43. The number of likely N-dealkylation sites (N-methyl/N-ethyl adjacent to an activating group) is 1. The Labute approximate surface area is 299 Å². The predicted molar refractivity (Wildman–Crippen MR) is 197 cm³/mol. The van der Waals surface area contributed by atoms with Crippen LogP contribution in [0.1, 0.15) is 81.8 Å². The van der Waals surface area contributed by atoms with E-state index in [0.717, 1.165) is 49.3 Å². The van der Waals surface area contributed by atoms with Crippen LogP contribution < -0.4 is 25.6 Å². The van der Waals surface area contributed by atoms with Crippen LogP contribution in [-0.4, -0.2) is 81.5 Å². The molecule has 2 unspecified atom stereocenters.